The zero-order valence-corrected chi connectivity index (χ0v) is 24.6. The molecule has 1 aromatic rings. The Labute approximate surface area is 221 Å². The lowest BCUT2D eigenvalue weighted by atomic mass is 10.0. The van der Waals surface area contributed by atoms with E-state index in [-0.39, 0.29) is 0 Å². The predicted molar refractivity (Wildman–Crippen MR) is 156 cm³/mol. The molecule has 2 heteroatoms. The van der Waals surface area contributed by atoms with Crippen LogP contribution in [0, 0.1) is 0 Å². The third kappa shape index (κ3) is 19.0. The molecule has 0 saturated heterocycles. The van der Waals surface area contributed by atoms with Gasteiger partial charge in [0, 0.05) is 0 Å². The van der Waals surface area contributed by atoms with Crippen LogP contribution >= 0.6 is 0 Å². The van der Waals surface area contributed by atoms with E-state index in [0.717, 1.165) is 0 Å². The van der Waals surface area contributed by atoms with Crippen LogP contribution in [0.2, 0.25) is 0 Å². The lowest BCUT2D eigenvalue weighted by molar-refractivity contribution is -0.697. The molecule has 1 atom stereocenters. The molecule has 0 amide bonds. The maximum Gasteiger partial charge on any atom is 0.243 e. The number of hydrogen-bond acceptors (Lipinski definition) is 0. The van der Waals surface area contributed by atoms with E-state index < -0.39 is 0 Å². The van der Waals surface area contributed by atoms with E-state index in [4.69, 9.17) is 0 Å². The SMILES string of the molecule is CCCCCCCCCCCCCCCC(CC)n1cc[n+](CCCCCCCCCCCC)c1. The van der Waals surface area contributed by atoms with E-state index >= 15 is 0 Å². The highest BCUT2D eigenvalue weighted by molar-refractivity contribution is 4.74. The monoisotopic (exact) mass is 490 g/mol. The number of hydrogen-bond donors (Lipinski definition) is 0. The second-order valence-electron chi connectivity index (χ2n) is 11.4. The van der Waals surface area contributed by atoms with Crippen molar-refractivity contribution in [2.24, 2.45) is 0 Å². The first kappa shape index (κ1) is 32.2. The molecule has 0 saturated carbocycles. The van der Waals surface area contributed by atoms with Crippen molar-refractivity contribution in [2.75, 3.05) is 0 Å². The van der Waals surface area contributed by atoms with Gasteiger partial charge >= 0.3 is 0 Å². The fraction of sp³-hybridized carbons (Fsp3) is 0.909. The highest BCUT2D eigenvalue weighted by Gasteiger charge is 2.14. The molecule has 0 aliphatic carbocycles. The normalized spacial score (nSPS) is 12.4. The lowest BCUT2D eigenvalue weighted by Gasteiger charge is -2.11. The molecule has 2 nitrogen and oxygen atoms in total. The molecule has 0 bridgehead atoms. The van der Waals surface area contributed by atoms with Crippen LogP contribution in [-0.2, 0) is 6.54 Å². The van der Waals surface area contributed by atoms with Gasteiger partial charge in [-0.15, -0.1) is 0 Å². The van der Waals surface area contributed by atoms with E-state index in [2.05, 4.69) is 48.6 Å². The summed E-state index contributed by atoms with van der Waals surface area (Å²) in [6.45, 7) is 8.16. The summed E-state index contributed by atoms with van der Waals surface area (Å²) < 4.78 is 4.92. The summed E-state index contributed by atoms with van der Waals surface area (Å²) in [5.41, 5.74) is 0. The fourth-order valence-electron chi connectivity index (χ4n) is 5.50. The van der Waals surface area contributed by atoms with E-state index in [1.165, 1.54) is 167 Å². The van der Waals surface area contributed by atoms with Gasteiger partial charge in [0.2, 0.25) is 6.33 Å². The average Bonchev–Trinajstić information content (AvgIpc) is 3.34. The summed E-state index contributed by atoms with van der Waals surface area (Å²) in [6, 6.07) is 0.691. The lowest BCUT2D eigenvalue weighted by Crippen LogP contribution is -2.31. The number of aromatic nitrogens is 2. The van der Waals surface area contributed by atoms with Crippen LogP contribution in [0.5, 0.6) is 0 Å². The summed E-state index contributed by atoms with van der Waals surface area (Å²) in [7, 11) is 0. The van der Waals surface area contributed by atoms with Crippen LogP contribution < -0.4 is 4.57 Å². The van der Waals surface area contributed by atoms with E-state index in [1.54, 1.807) is 0 Å². The third-order valence-electron chi connectivity index (χ3n) is 8.02. The number of rotatable bonds is 27. The number of aryl methyl sites for hydroxylation is 1. The molecule has 0 aromatic carbocycles. The summed E-state index contributed by atoms with van der Waals surface area (Å²) in [4.78, 5) is 0. The van der Waals surface area contributed by atoms with Crippen LogP contribution in [0.25, 0.3) is 0 Å². The van der Waals surface area contributed by atoms with Gasteiger partial charge in [-0.25, -0.2) is 9.13 Å². The van der Waals surface area contributed by atoms with Gasteiger partial charge in [-0.2, -0.15) is 0 Å². The molecule has 0 N–H and O–H groups in total. The Kier molecular flexibility index (Phi) is 22.9. The van der Waals surface area contributed by atoms with Crippen molar-refractivity contribution in [3.8, 4) is 0 Å². The molecular weight excluding hydrogens is 424 g/mol. The Balaban J connectivity index is 1.99. The van der Waals surface area contributed by atoms with Crippen molar-refractivity contribution in [1.29, 1.82) is 0 Å². The van der Waals surface area contributed by atoms with Gasteiger partial charge in [0.05, 0.1) is 6.54 Å². The second-order valence-corrected chi connectivity index (χ2v) is 11.4. The standard InChI is InChI=1S/C33H65N2/c1-4-7-9-11-13-15-17-18-19-20-22-24-26-28-33(6-3)35-31-30-34(32-35)29-27-25-23-21-16-14-12-10-8-5-2/h30-33H,4-29H2,1-3H3/q+1. The first-order valence-corrected chi connectivity index (χ1v) is 16.4. The molecular formula is C33H65N2+. The molecule has 0 spiro atoms. The zero-order valence-electron chi connectivity index (χ0n) is 24.6. The quantitative estimate of drug-likeness (QED) is 0.0858. The second kappa shape index (κ2) is 24.9. The summed E-state index contributed by atoms with van der Waals surface area (Å²) in [6.07, 6.45) is 42.6. The van der Waals surface area contributed by atoms with E-state index in [1.807, 2.05) is 0 Å². The van der Waals surface area contributed by atoms with Crippen LogP contribution in [0.3, 0.4) is 0 Å². The van der Waals surface area contributed by atoms with Gasteiger partial charge in [0.25, 0.3) is 0 Å². The molecule has 0 fully saturated rings. The van der Waals surface area contributed by atoms with E-state index in [0.29, 0.717) is 6.04 Å². The highest BCUT2D eigenvalue weighted by Crippen LogP contribution is 2.20. The Hall–Kier alpha value is -0.790. The zero-order chi connectivity index (χ0) is 25.2. The smallest absolute Gasteiger partial charge is 0.237 e. The van der Waals surface area contributed by atoms with Crippen LogP contribution in [0.4, 0.5) is 0 Å². The molecule has 1 unspecified atom stereocenters. The average molecular weight is 490 g/mol. The largest absolute Gasteiger partial charge is 0.243 e. The van der Waals surface area contributed by atoms with Crippen molar-refractivity contribution >= 4 is 0 Å². The number of unbranched alkanes of at least 4 members (excludes halogenated alkanes) is 21. The van der Waals surface area contributed by atoms with Gasteiger partial charge in [-0.1, -0.05) is 149 Å². The van der Waals surface area contributed by atoms with Gasteiger partial charge in [-0.05, 0) is 32.1 Å². The van der Waals surface area contributed by atoms with Crippen molar-refractivity contribution in [3.05, 3.63) is 18.7 Å². The molecule has 1 heterocycles. The maximum absolute atomic E-state index is 2.50. The first-order valence-electron chi connectivity index (χ1n) is 16.4. The first-order chi connectivity index (χ1) is 17.3. The van der Waals surface area contributed by atoms with Crippen molar-refractivity contribution < 1.29 is 4.57 Å². The summed E-state index contributed by atoms with van der Waals surface area (Å²) in [5, 5.41) is 0. The third-order valence-corrected chi connectivity index (χ3v) is 8.02. The van der Waals surface area contributed by atoms with Crippen LogP contribution in [0.15, 0.2) is 18.7 Å². The molecule has 0 radical (unpaired) electrons. The highest BCUT2D eigenvalue weighted by atomic mass is 15.1. The fourth-order valence-corrected chi connectivity index (χ4v) is 5.50. The van der Waals surface area contributed by atoms with Gasteiger partial charge in [-0.3, -0.25) is 0 Å². The summed E-state index contributed by atoms with van der Waals surface area (Å²) >= 11 is 0. The molecule has 35 heavy (non-hydrogen) atoms. The maximum atomic E-state index is 2.50. The minimum Gasteiger partial charge on any atom is -0.237 e. The van der Waals surface area contributed by atoms with Gasteiger partial charge in [0.15, 0.2) is 0 Å². The molecule has 206 valence electrons. The van der Waals surface area contributed by atoms with E-state index in [9.17, 15) is 0 Å². The Morgan fingerprint density at radius 3 is 1.34 bits per heavy atom. The number of nitrogens with zero attached hydrogens (tertiary/aromatic N) is 2. The van der Waals surface area contributed by atoms with Crippen molar-refractivity contribution in [3.63, 3.8) is 0 Å². The Morgan fingerprint density at radius 1 is 0.514 bits per heavy atom. The molecule has 1 rings (SSSR count). The van der Waals surface area contributed by atoms with Gasteiger partial charge < -0.3 is 0 Å². The Bertz CT molecular complexity index is 535. The van der Waals surface area contributed by atoms with Crippen molar-refractivity contribution in [1.82, 2.24) is 4.57 Å². The minimum atomic E-state index is 0.691. The summed E-state index contributed by atoms with van der Waals surface area (Å²) in [5.74, 6) is 0. The van der Waals surface area contributed by atoms with Gasteiger partial charge in [0.1, 0.15) is 18.4 Å². The van der Waals surface area contributed by atoms with Crippen LogP contribution in [0.1, 0.15) is 187 Å². The molecule has 0 aliphatic heterocycles. The molecule has 1 aromatic heterocycles. The Morgan fingerprint density at radius 2 is 0.914 bits per heavy atom. The van der Waals surface area contributed by atoms with Crippen molar-refractivity contribution in [2.45, 2.75) is 194 Å². The predicted octanol–water partition coefficient (Wildman–Crippen LogP) is 11.1. The molecule has 0 aliphatic rings. The topological polar surface area (TPSA) is 8.81 Å². The number of imidazole rings is 1. The minimum absolute atomic E-state index is 0.691. The van der Waals surface area contributed by atoms with Crippen LogP contribution in [-0.4, -0.2) is 4.57 Å².